The van der Waals surface area contributed by atoms with Crippen molar-refractivity contribution in [3.8, 4) is 5.75 Å². The van der Waals surface area contributed by atoms with Crippen LogP contribution in [0.25, 0.3) is 0 Å². The SMILES string of the molecule is CNC1(C(=O)O)CCC(Oc2cc([N+](=O)[O-])ccc2Cl)C1. The van der Waals surface area contributed by atoms with Gasteiger partial charge in [-0.25, -0.2) is 0 Å². The number of likely N-dealkylation sites (N-methyl/N-ethyl adjacent to an activating group) is 1. The van der Waals surface area contributed by atoms with Crippen LogP contribution >= 0.6 is 11.6 Å². The molecule has 0 heterocycles. The van der Waals surface area contributed by atoms with Gasteiger partial charge in [-0.15, -0.1) is 0 Å². The summed E-state index contributed by atoms with van der Waals surface area (Å²) < 4.78 is 5.66. The molecule has 1 aliphatic carbocycles. The molecule has 1 aromatic carbocycles. The van der Waals surface area contributed by atoms with Crippen LogP contribution in [0.2, 0.25) is 5.02 Å². The molecule has 0 saturated heterocycles. The minimum absolute atomic E-state index is 0.120. The Morgan fingerprint density at radius 3 is 2.86 bits per heavy atom. The van der Waals surface area contributed by atoms with Crippen molar-refractivity contribution >= 4 is 23.3 Å². The lowest BCUT2D eigenvalue weighted by Gasteiger charge is -2.23. The number of nitrogens with one attached hydrogen (secondary N) is 1. The van der Waals surface area contributed by atoms with Gasteiger partial charge in [0.15, 0.2) is 0 Å². The Hall–Kier alpha value is -1.86. The normalized spacial score (nSPS) is 24.8. The van der Waals surface area contributed by atoms with Gasteiger partial charge < -0.3 is 15.2 Å². The van der Waals surface area contributed by atoms with Gasteiger partial charge in [-0.1, -0.05) is 11.6 Å². The van der Waals surface area contributed by atoms with Crippen molar-refractivity contribution in [3.63, 3.8) is 0 Å². The van der Waals surface area contributed by atoms with Crippen LogP contribution in [0.4, 0.5) is 5.69 Å². The molecule has 2 atom stereocenters. The standard InChI is InChI=1S/C13H15ClN2O5/c1-15-13(12(17)18)5-4-9(7-13)21-11-6-8(16(19)20)2-3-10(11)14/h2-3,6,9,15H,4-5,7H2,1H3,(H,17,18). The fourth-order valence-corrected chi connectivity index (χ4v) is 2.67. The quantitative estimate of drug-likeness (QED) is 0.638. The molecular formula is C13H15ClN2O5. The van der Waals surface area contributed by atoms with Gasteiger partial charge in [0.1, 0.15) is 17.4 Å². The first-order valence-electron chi connectivity index (χ1n) is 6.41. The number of hydrogen-bond acceptors (Lipinski definition) is 5. The average molecular weight is 315 g/mol. The van der Waals surface area contributed by atoms with Crippen molar-refractivity contribution in [1.82, 2.24) is 5.32 Å². The Kier molecular flexibility index (Phi) is 4.34. The Balaban J connectivity index is 2.15. The van der Waals surface area contributed by atoms with Crippen LogP contribution in [-0.2, 0) is 4.79 Å². The molecule has 7 nitrogen and oxygen atoms in total. The maximum Gasteiger partial charge on any atom is 0.324 e. The topological polar surface area (TPSA) is 102 Å². The van der Waals surface area contributed by atoms with E-state index in [2.05, 4.69) is 5.32 Å². The highest BCUT2D eigenvalue weighted by atomic mass is 35.5. The summed E-state index contributed by atoms with van der Waals surface area (Å²) in [5, 5.41) is 23.1. The molecule has 2 N–H and O–H groups in total. The molecule has 0 aromatic heterocycles. The zero-order valence-corrected chi connectivity index (χ0v) is 12.1. The summed E-state index contributed by atoms with van der Waals surface area (Å²) in [5.41, 5.74) is -1.14. The molecule has 1 aromatic rings. The van der Waals surface area contributed by atoms with Crippen molar-refractivity contribution in [2.45, 2.75) is 30.9 Å². The van der Waals surface area contributed by atoms with E-state index in [1.165, 1.54) is 18.2 Å². The van der Waals surface area contributed by atoms with Crippen molar-refractivity contribution < 1.29 is 19.6 Å². The van der Waals surface area contributed by atoms with Crippen molar-refractivity contribution in [2.24, 2.45) is 0 Å². The van der Waals surface area contributed by atoms with Crippen LogP contribution in [-0.4, -0.2) is 34.7 Å². The maximum absolute atomic E-state index is 11.3. The zero-order chi connectivity index (χ0) is 15.6. The van der Waals surface area contributed by atoms with E-state index in [-0.39, 0.29) is 29.0 Å². The first-order chi connectivity index (χ1) is 9.88. The number of ether oxygens (including phenoxy) is 1. The summed E-state index contributed by atoms with van der Waals surface area (Å²) in [6, 6.07) is 3.94. The molecule has 1 fully saturated rings. The molecule has 0 aliphatic heterocycles. The highest BCUT2D eigenvalue weighted by Crippen LogP contribution is 2.36. The Morgan fingerprint density at radius 2 is 2.33 bits per heavy atom. The smallest absolute Gasteiger partial charge is 0.324 e. The monoisotopic (exact) mass is 314 g/mol. The summed E-state index contributed by atoms with van der Waals surface area (Å²) in [5.74, 6) is -0.727. The minimum Gasteiger partial charge on any atom is -0.489 e. The zero-order valence-electron chi connectivity index (χ0n) is 11.3. The molecule has 0 bridgehead atoms. The van der Waals surface area contributed by atoms with E-state index in [9.17, 15) is 20.0 Å². The Labute approximate surface area is 126 Å². The molecular weight excluding hydrogens is 300 g/mol. The van der Waals surface area contributed by atoms with E-state index in [1.54, 1.807) is 7.05 Å². The summed E-state index contributed by atoms with van der Waals surface area (Å²) in [4.78, 5) is 21.6. The molecule has 1 saturated carbocycles. The number of non-ortho nitro benzene ring substituents is 1. The minimum atomic E-state index is -1.02. The van der Waals surface area contributed by atoms with E-state index in [4.69, 9.17) is 16.3 Å². The lowest BCUT2D eigenvalue weighted by atomic mass is 9.98. The molecule has 1 aliphatic rings. The second-order valence-electron chi connectivity index (χ2n) is 4.99. The van der Waals surface area contributed by atoms with Crippen molar-refractivity contribution in [3.05, 3.63) is 33.3 Å². The van der Waals surface area contributed by atoms with Crippen LogP contribution < -0.4 is 10.1 Å². The van der Waals surface area contributed by atoms with E-state index in [1.807, 2.05) is 0 Å². The summed E-state index contributed by atoms with van der Waals surface area (Å²) in [7, 11) is 1.59. The predicted octanol–water partition coefficient (Wildman–Crippen LogP) is 2.22. The van der Waals surface area contributed by atoms with Crippen molar-refractivity contribution in [2.75, 3.05) is 7.05 Å². The van der Waals surface area contributed by atoms with Crippen LogP contribution in [0.5, 0.6) is 5.75 Å². The molecule has 0 amide bonds. The number of halogens is 1. The number of nitrogens with zero attached hydrogens (tertiary/aromatic N) is 1. The number of nitro groups is 1. The van der Waals surface area contributed by atoms with Gasteiger partial charge in [0.2, 0.25) is 0 Å². The number of benzene rings is 1. The molecule has 0 spiro atoms. The molecule has 8 heteroatoms. The third kappa shape index (κ3) is 3.08. The molecule has 2 unspecified atom stereocenters. The van der Waals surface area contributed by atoms with Gasteiger partial charge in [-0.3, -0.25) is 14.9 Å². The predicted molar refractivity (Wildman–Crippen MR) is 75.8 cm³/mol. The van der Waals surface area contributed by atoms with Crippen molar-refractivity contribution in [1.29, 1.82) is 0 Å². The van der Waals surface area contributed by atoms with E-state index in [0.29, 0.717) is 12.8 Å². The summed E-state index contributed by atoms with van der Waals surface area (Å²) >= 11 is 5.97. The Bertz CT molecular complexity index is 580. The van der Waals surface area contributed by atoms with E-state index >= 15 is 0 Å². The van der Waals surface area contributed by atoms with Crippen LogP contribution in [0, 0.1) is 10.1 Å². The second kappa shape index (κ2) is 5.87. The van der Waals surface area contributed by atoms with Gasteiger partial charge in [0, 0.05) is 12.5 Å². The lowest BCUT2D eigenvalue weighted by molar-refractivity contribution is -0.384. The number of carboxylic acid groups (broad SMARTS) is 1. The first-order valence-corrected chi connectivity index (χ1v) is 6.78. The number of carbonyl (C=O) groups is 1. The van der Waals surface area contributed by atoms with Gasteiger partial charge in [0.05, 0.1) is 16.0 Å². The highest BCUT2D eigenvalue weighted by Gasteiger charge is 2.45. The third-order valence-electron chi connectivity index (χ3n) is 3.78. The van der Waals surface area contributed by atoms with Gasteiger partial charge in [-0.05, 0) is 26.0 Å². The number of carboxylic acids is 1. The fourth-order valence-electron chi connectivity index (χ4n) is 2.50. The average Bonchev–Trinajstić information content (AvgIpc) is 2.85. The van der Waals surface area contributed by atoms with Crippen LogP contribution in [0.1, 0.15) is 19.3 Å². The number of aliphatic carboxylic acids is 1. The molecule has 0 radical (unpaired) electrons. The summed E-state index contributed by atoms with van der Waals surface area (Å²) in [6.45, 7) is 0. The fraction of sp³-hybridized carbons (Fsp3) is 0.462. The van der Waals surface area contributed by atoms with Crippen LogP contribution in [0.3, 0.4) is 0 Å². The maximum atomic E-state index is 11.3. The largest absolute Gasteiger partial charge is 0.489 e. The number of hydrogen-bond donors (Lipinski definition) is 2. The number of nitro benzene ring substituents is 1. The molecule has 114 valence electrons. The second-order valence-corrected chi connectivity index (χ2v) is 5.40. The Morgan fingerprint density at radius 1 is 1.62 bits per heavy atom. The van der Waals surface area contributed by atoms with E-state index < -0.39 is 16.4 Å². The lowest BCUT2D eigenvalue weighted by Crippen LogP contribution is -2.48. The molecule has 2 rings (SSSR count). The van der Waals surface area contributed by atoms with Gasteiger partial charge in [0.25, 0.3) is 5.69 Å². The number of rotatable bonds is 5. The van der Waals surface area contributed by atoms with Crippen LogP contribution in [0.15, 0.2) is 18.2 Å². The van der Waals surface area contributed by atoms with Gasteiger partial charge >= 0.3 is 5.97 Å². The van der Waals surface area contributed by atoms with E-state index in [0.717, 1.165) is 0 Å². The molecule has 21 heavy (non-hydrogen) atoms. The van der Waals surface area contributed by atoms with Gasteiger partial charge in [-0.2, -0.15) is 0 Å². The summed E-state index contributed by atoms with van der Waals surface area (Å²) in [6.07, 6.45) is 0.883. The third-order valence-corrected chi connectivity index (χ3v) is 4.09. The first kappa shape index (κ1) is 15.5. The highest BCUT2D eigenvalue weighted by molar-refractivity contribution is 6.32.